The van der Waals surface area contributed by atoms with Crippen molar-refractivity contribution < 1.29 is 19.1 Å². The number of hydrogen-bond acceptors (Lipinski definition) is 4. The van der Waals surface area contributed by atoms with Gasteiger partial charge in [0.05, 0.1) is 13.0 Å². The summed E-state index contributed by atoms with van der Waals surface area (Å²) >= 11 is 0. The summed E-state index contributed by atoms with van der Waals surface area (Å²) in [7, 11) is 0. The molecule has 6 heteroatoms. The SMILES string of the molecule is CCOc1ccc(CC(=O)NCCNC(=O)C2CCCO2)cc1. The number of carbonyl (C=O) groups excluding carboxylic acids is 2. The number of rotatable bonds is 8. The Balaban J connectivity index is 1.61. The molecule has 1 aromatic rings. The second kappa shape index (κ2) is 9.15. The summed E-state index contributed by atoms with van der Waals surface area (Å²) in [5.41, 5.74) is 0.925. The van der Waals surface area contributed by atoms with Crippen LogP contribution in [0, 0.1) is 0 Å². The third-order valence-corrected chi connectivity index (χ3v) is 3.57. The van der Waals surface area contributed by atoms with Gasteiger partial charge in [-0.1, -0.05) is 12.1 Å². The molecule has 2 N–H and O–H groups in total. The van der Waals surface area contributed by atoms with Crippen molar-refractivity contribution in [3.8, 4) is 5.75 Å². The van der Waals surface area contributed by atoms with Crippen LogP contribution in [0.15, 0.2) is 24.3 Å². The maximum Gasteiger partial charge on any atom is 0.249 e. The lowest BCUT2D eigenvalue weighted by Gasteiger charge is -2.11. The number of carbonyl (C=O) groups is 2. The molecule has 2 rings (SSSR count). The van der Waals surface area contributed by atoms with Crippen LogP contribution in [0.1, 0.15) is 25.3 Å². The van der Waals surface area contributed by atoms with Crippen LogP contribution in [-0.2, 0) is 20.7 Å². The topological polar surface area (TPSA) is 76.7 Å². The second-order valence-electron chi connectivity index (χ2n) is 5.40. The van der Waals surface area contributed by atoms with Crippen LogP contribution < -0.4 is 15.4 Å². The number of hydrogen-bond donors (Lipinski definition) is 2. The molecule has 0 saturated carbocycles. The first-order chi connectivity index (χ1) is 11.2. The van der Waals surface area contributed by atoms with Crippen LogP contribution in [0.5, 0.6) is 5.75 Å². The first kappa shape index (κ1) is 17.3. The molecule has 1 atom stereocenters. The van der Waals surface area contributed by atoms with Crippen molar-refractivity contribution in [1.82, 2.24) is 10.6 Å². The predicted octanol–water partition coefficient (Wildman–Crippen LogP) is 1.04. The second-order valence-corrected chi connectivity index (χ2v) is 5.40. The number of amides is 2. The van der Waals surface area contributed by atoms with Gasteiger partial charge >= 0.3 is 0 Å². The highest BCUT2D eigenvalue weighted by atomic mass is 16.5. The predicted molar refractivity (Wildman–Crippen MR) is 86.3 cm³/mol. The Hall–Kier alpha value is -2.08. The van der Waals surface area contributed by atoms with Gasteiger partial charge in [-0.05, 0) is 37.5 Å². The molecule has 0 bridgehead atoms. The Bertz CT molecular complexity index is 510. The smallest absolute Gasteiger partial charge is 0.249 e. The van der Waals surface area contributed by atoms with Crippen molar-refractivity contribution >= 4 is 11.8 Å². The average molecular weight is 320 g/mol. The Kier molecular flexibility index (Phi) is 6.87. The standard InChI is InChI=1S/C17H24N2O4/c1-2-22-14-7-5-13(6-8-14)12-16(20)18-9-10-19-17(21)15-4-3-11-23-15/h5-8,15H,2-4,9-12H2,1H3,(H,18,20)(H,19,21). The Labute approximate surface area is 136 Å². The molecule has 1 aromatic carbocycles. The molecule has 23 heavy (non-hydrogen) atoms. The number of benzene rings is 1. The van der Waals surface area contributed by atoms with Gasteiger partial charge < -0.3 is 20.1 Å². The molecule has 0 radical (unpaired) electrons. The van der Waals surface area contributed by atoms with E-state index < -0.39 is 0 Å². The summed E-state index contributed by atoms with van der Waals surface area (Å²) in [6, 6.07) is 7.47. The van der Waals surface area contributed by atoms with Gasteiger partial charge in [-0.2, -0.15) is 0 Å². The molecule has 1 fully saturated rings. The van der Waals surface area contributed by atoms with Gasteiger partial charge in [0, 0.05) is 19.7 Å². The summed E-state index contributed by atoms with van der Waals surface area (Å²) in [5.74, 6) is 0.636. The van der Waals surface area contributed by atoms with Crippen molar-refractivity contribution in [2.24, 2.45) is 0 Å². The third kappa shape index (κ3) is 5.90. The highest BCUT2D eigenvalue weighted by Crippen LogP contribution is 2.12. The van der Waals surface area contributed by atoms with Crippen LogP contribution in [-0.4, -0.2) is 44.2 Å². The molecule has 1 aliphatic rings. The number of ether oxygens (including phenoxy) is 2. The first-order valence-electron chi connectivity index (χ1n) is 8.07. The van der Waals surface area contributed by atoms with Crippen LogP contribution in [0.2, 0.25) is 0 Å². The van der Waals surface area contributed by atoms with Gasteiger partial charge in [0.1, 0.15) is 11.9 Å². The van der Waals surface area contributed by atoms with Gasteiger partial charge in [0.2, 0.25) is 11.8 Å². The zero-order chi connectivity index (χ0) is 16.5. The molecule has 6 nitrogen and oxygen atoms in total. The van der Waals surface area contributed by atoms with E-state index in [9.17, 15) is 9.59 Å². The molecular formula is C17H24N2O4. The minimum absolute atomic E-state index is 0.0690. The quantitative estimate of drug-likeness (QED) is 0.702. The normalized spacial score (nSPS) is 16.8. The van der Waals surface area contributed by atoms with E-state index in [0.717, 1.165) is 24.2 Å². The van der Waals surface area contributed by atoms with Gasteiger partial charge in [-0.15, -0.1) is 0 Å². The maximum atomic E-state index is 11.8. The van der Waals surface area contributed by atoms with E-state index in [1.54, 1.807) is 0 Å². The van der Waals surface area contributed by atoms with Crippen molar-refractivity contribution in [2.45, 2.75) is 32.3 Å². The summed E-state index contributed by atoms with van der Waals surface area (Å²) in [4.78, 5) is 23.5. The fraction of sp³-hybridized carbons (Fsp3) is 0.529. The lowest BCUT2D eigenvalue weighted by Crippen LogP contribution is -2.39. The van der Waals surface area contributed by atoms with Crippen LogP contribution in [0.3, 0.4) is 0 Å². The monoisotopic (exact) mass is 320 g/mol. The first-order valence-corrected chi connectivity index (χ1v) is 8.07. The zero-order valence-electron chi connectivity index (χ0n) is 13.5. The summed E-state index contributed by atoms with van der Waals surface area (Å²) in [6.07, 6.45) is 1.69. The third-order valence-electron chi connectivity index (χ3n) is 3.57. The van der Waals surface area contributed by atoms with Crippen molar-refractivity contribution in [3.63, 3.8) is 0 Å². The summed E-state index contributed by atoms with van der Waals surface area (Å²) in [5, 5.41) is 5.56. The lowest BCUT2D eigenvalue weighted by atomic mass is 10.1. The summed E-state index contributed by atoms with van der Waals surface area (Å²) < 4.78 is 10.6. The molecule has 1 saturated heterocycles. The summed E-state index contributed by atoms with van der Waals surface area (Å²) in [6.45, 7) is 4.02. The Morgan fingerprint density at radius 1 is 1.22 bits per heavy atom. The molecule has 0 aromatic heterocycles. The average Bonchev–Trinajstić information content (AvgIpc) is 3.08. The van der Waals surface area contributed by atoms with E-state index in [4.69, 9.17) is 9.47 Å². The molecule has 1 aliphatic heterocycles. The molecule has 0 spiro atoms. The highest BCUT2D eigenvalue weighted by Gasteiger charge is 2.22. The van der Waals surface area contributed by atoms with Crippen LogP contribution >= 0.6 is 0 Å². The largest absolute Gasteiger partial charge is 0.494 e. The maximum absolute atomic E-state index is 11.8. The van der Waals surface area contributed by atoms with E-state index in [1.165, 1.54) is 0 Å². The van der Waals surface area contributed by atoms with Gasteiger partial charge in [-0.3, -0.25) is 9.59 Å². The fourth-order valence-corrected chi connectivity index (χ4v) is 2.40. The molecule has 126 valence electrons. The number of nitrogens with one attached hydrogen (secondary N) is 2. The Morgan fingerprint density at radius 2 is 1.96 bits per heavy atom. The van der Waals surface area contributed by atoms with Gasteiger partial charge in [0.25, 0.3) is 0 Å². The van der Waals surface area contributed by atoms with Crippen LogP contribution in [0.4, 0.5) is 0 Å². The van der Waals surface area contributed by atoms with Crippen molar-refractivity contribution in [1.29, 1.82) is 0 Å². The van der Waals surface area contributed by atoms with E-state index in [-0.39, 0.29) is 17.9 Å². The molecule has 0 aliphatic carbocycles. The van der Waals surface area contributed by atoms with Crippen molar-refractivity contribution in [3.05, 3.63) is 29.8 Å². The Morgan fingerprint density at radius 3 is 2.61 bits per heavy atom. The minimum Gasteiger partial charge on any atom is -0.494 e. The molecule has 2 amide bonds. The van der Waals surface area contributed by atoms with E-state index in [2.05, 4.69) is 10.6 Å². The van der Waals surface area contributed by atoms with Gasteiger partial charge in [0.15, 0.2) is 0 Å². The molecule has 1 unspecified atom stereocenters. The van der Waals surface area contributed by atoms with Crippen LogP contribution in [0.25, 0.3) is 0 Å². The minimum atomic E-state index is -0.324. The van der Waals surface area contributed by atoms with E-state index in [0.29, 0.717) is 32.7 Å². The zero-order valence-corrected chi connectivity index (χ0v) is 13.5. The van der Waals surface area contributed by atoms with Crippen molar-refractivity contribution in [2.75, 3.05) is 26.3 Å². The molecular weight excluding hydrogens is 296 g/mol. The lowest BCUT2D eigenvalue weighted by molar-refractivity contribution is -0.130. The van der Waals surface area contributed by atoms with E-state index >= 15 is 0 Å². The molecule has 1 heterocycles. The highest BCUT2D eigenvalue weighted by molar-refractivity contribution is 5.81. The van der Waals surface area contributed by atoms with E-state index in [1.807, 2.05) is 31.2 Å². The van der Waals surface area contributed by atoms with Gasteiger partial charge in [-0.25, -0.2) is 0 Å². The fourth-order valence-electron chi connectivity index (χ4n) is 2.40.